The smallest absolute Gasteiger partial charge is 0.187 e. The van der Waals surface area contributed by atoms with Gasteiger partial charge in [-0.15, -0.1) is 10.2 Å². The van der Waals surface area contributed by atoms with Crippen LogP contribution in [0, 0.1) is 0 Å². The van der Waals surface area contributed by atoms with Crippen LogP contribution in [0.4, 0.5) is 0 Å². The molecule has 172 valence electrons. The van der Waals surface area contributed by atoms with Crippen LogP contribution in [-0.4, -0.2) is 63.4 Å². The van der Waals surface area contributed by atoms with Gasteiger partial charge in [0.15, 0.2) is 11.5 Å². The molecule has 0 saturated carbocycles. The number of fused-ring (bicyclic) bond motifs is 2. The molecule has 1 aliphatic rings. The number of nitrogens with two attached hydrogens (primary N) is 1. The molecule has 1 aromatic carbocycles. The molecule has 0 aliphatic carbocycles. The largest absolute Gasteiger partial charge is 0.491 e. The molecule has 8 nitrogen and oxygen atoms in total. The Kier molecular flexibility index (Phi) is 6.22. The number of rotatable bonds is 8. The minimum absolute atomic E-state index is 0.261. The SMILES string of the molecule is CCOCCOc1ccc2ccc(-c3nnc4ccc([C@H](C)N5CC[C@H](N)C5)cn34)nc2c1. The first-order valence-electron chi connectivity index (χ1n) is 11.6. The average molecular weight is 447 g/mol. The molecule has 0 amide bonds. The molecule has 8 heteroatoms. The first kappa shape index (κ1) is 21.8. The zero-order chi connectivity index (χ0) is 22.8. The Balaban J connectivity index is 1.44. The zero-order valence-electron chi connectivity index (χ0n) is 19.1. The van der Waals surface area contributed by atoms with Gasteiger partial charge in [0.2, 0.25) is 0 Å². The summed E-state index contributed by atoms with van der Waals surface area (Å²) in [6.45, 7) is 7.91. The highest BCUT2D eigenvalue weighted by molar-refractivity contribution is 5.82. The molecular weight excluding hydrogens is 416 g/mol. The molecule has 33 heavy (non-hydrogen) atoms. The number of hydrogen-bond acceptors (Lipinski definition) is 7. The van der Waals surface area contributed by atoms with Crippen molar-refractivity contribution in [3.63, 3.8) is 0 Å². The highest BCUT2D eigenvalue weighted by Crippen LogP contribution is 2.27. The third kappa shape index (κ3) is 4.55. The molecule has 4 aromatic rings. The normalized spacial score (nSPS) is 17.7. The summed E-state index contributed by atoms with van der Waals surface area (Å²) in [5.41, 5.74) is 9.76. The maximum absolute atomic E-state index is 6.12. The first-order valence-corrected chi connectivity index (χ1v) is 11.6. The van der Waals surface area contributed by atoms with Crippen LogP contribution in [0.3, 0.4) is 0 Å². The quantitative estimate of drug-likeness (QED) is 0.415. The van der Waals surface area contributed by atoms with Gasteiger partial charge in [-0.05, 0) is 50.1 Å². The second-order valence-corrected chi connectivity index (χ2v) is 8.53. The number of hydrogen-bond donors (Lipinski definition) is 1. The van der Waals surface area contributed by atoms with Gasteiger partial charge in [-0.25, -0.2) is 4.98 Å². The topological polar surface area (TPSA) is 90.8 Å². The van der Waals surface area contributed by atoms with Gasteiger partial charge in [0.05, 0.1) is 12.1 Å². The van der Waals surface area contributed by atoms with Gasteiger partial charge in [0, 0.05) is 49.4 Å². The maximum Gasteiger partial charge on any atom is 0.187 e. The van der Waals surface area contributed by atoms with Gasteiger partial charge in [0.1, 0.15) is 18.1 Å². The lowest BCUT2D eigenvalue weighted by Gasteiger charge is -2.24. The molecular formula is C25H30N6O2. The Morgan fingerprint density at radius 1 is 1.12 bits per heavy atom. The van der Waals surface area contributed by atoms with Crippen LogP contribution >= 0.6 is 0 Å². The predicted molar refractivity (Wildman–Crippen MR) is 128 cm³/mol. The van der Waals surface area contributed by atoms with E-state index in [0.717, 1.165) is 53.3 Å². The number of aromatic nitrogens is 4. The Bertz CT molecular complexity index is 1260. The minimum Gasteiger partial charge on any atom is -0.491 e. The fourth-order valence-corrected chi connectivity index (χ4v) is 4.38. The molecule has 4 heterocycles. The highest BCUT2D eigenvalue weighted by atomic mass is 16.5. The van der Waals surface area contributed by atoms with Crippen molar-refractivity contribution >= 4 is 16.6 Å². The second-order valence-electron chi connectivity index (χ2n) is 8.53. The summed E-state index contributed by atoms with van der Waals surface area (Å²) in [6.07, 6.45) is 3.17. The molecule has 5 rings (SSSR count). The van der Waals surface area contributed by atoms with E-state index in [1.54, 1.807) is 0 Å². The summed E-state index contributed by atoms with van der Waals surface area (Å²) < 4.78 is 13.2. The molecule has 1 aliphatic heterocycles. The molecule has 0 unspecified atom stereocenters. The van der Waals surface area contributed by atoms with Gasteiger partial charge in [-0.3, -0.25) is 9.30 Å². The van der Waals surface area contributed by atoms with E-state index in [1.165, 1.54) is 5.56 Å². The van der Waals surface area contributed by atoms with Crippen molar-refractivity contribution in [3.8, 4) is 17.3 Å². The van der Waals surface area contributed by atoms with Crippen molar-refractivity contribution in [3.05, 3.63) is 54.2 Å². The van der Waals surface area contributed by atoms with Gasteiger partial charge in [-0.2, -0.15) is 0 Å². The van der Waals surface area contributed by atoms with E-state index in [2.05, 4.69) is 40.4 Å². The van der Waals surface area contributed by atoms with Crippen molar-refractivity contribution in [2.75, 3.05) is 32.9 Å². The van der Waals surface area contributed by atoms with Crippen molar-refractivity contribution < 1.29 is 9.47 Å². The monoisotopic (exact) mass is 446 g/mol. The van der Waals surface area contributed by atoms with E-state index in [9.17, 15) is 0 Å². The van der Waals surface area contributed by atoms with Gasteiger partial charge in [0.25, 0.3) is 0 Å². The number of ether oxygens (including phenoxy) is 2. The predicted octanol–water partition coefficient (Wildman–Crippen LogP) is 3.45. The molecule has 2 N–H and O–H groups in total. The maximum atomic E-state index is 6.12. The Morgan fingerprint density at radius 3 is 2.82 bits per heavy atom. The van der Waals surface area contributed by atoms with Crippen LogP contribution in [0.15, 0.2) is 48.7 Å². The fraction of sp³-hybridized carbons (Fsp3) is 0.400. The molecule has 1 saturated heterocycles. The van der Waals surface area contributed by atoms with Gasteiger partial charge in [-0.1, -0.05) is 12.1 Å². The van der Waals surface area contributed by atoms with E-state index in [-0.39, 0.29) is 12.1 Å². The molecule has 0 bridgehead atoms. The van der Waals surface area contributed by atoms with Crippen LogP contribution in [0.2, 0.25) is 0 Å². The van der Waals surface area contributed by atoms with Crippen LogP contribution in [0.1, 0.15) is 31.9 Å². The lowest BCUT2D eigenvalue weighted by molar-refractivity contribution is 0.110. The molecule has 0 radical (unpaired) electrons. The molecule has 1 fully saturated rings. The fourth-order valence-electron chi connectivity index (χ4n) is 4.38. The average Bonchev–Trinajstić information content (AvgIpc) is 3.46. The van der Waals surface area contributed by atoms with Gasteiger partial charge < -0.3 is 15.2 Å². The van der Waals surface area contributed by atoms with E-state index < -0.39 is 0 Å². The van der Waals surface area contributed by atoms with Crippen LogP contribution in [-0.2, 0) is 4.74 Å². The van der Waals surface area contributed by atoms with E-state index >= 15 is 0 Å². The van der Waals surface area contributed by atoms with Crippen LogP contribution < -0.4 is 10.5 Å². The third-order valence-electron chi connectivity index (χ3n) is 6.30. The Morgan fingerprint density at radius 2 is 2.00 bits per heavy atom. The number of likely N-dealkylation sites (tertiary alicyclic amines) is 1. The van der Waals surface area contributed by atoms with Crippen LogP contribution in [0.25, 0.3) is 28.1 Å². The molecule has 0 spiro atoms. The number of pyridine rings is 2. The third-order valence-corrected chi connectivity index (χ3v) is 6.30. The lowest BCUT2D eigenvalue weighted by atomic mass is 10.1. The van der Waals surface area contributed by atoms with Crippen molar-refractivity contribution in [1.82, 2.24) is 24.5 Å². The zero-order valence-corrected chi connectivity index (χ0v) is 19.1. The summed E-state index contributed by atoms with van der Waals surface area (Å²) in [5, 5.41) is 9.85. The van der Waals surface area contributed by atoms with Crippen LogP contribution in [0.5, 0.6) is 5.75 Å². The van der Waals surface area contributed by atoms with Crippen molar-refractivity contribution in [2.45, 2.75) is 32.4 Å². The molecule has 2 atom stereocenters. The van der Waals surface area contributed by atoms with E-state index in [1.807, 2.05) is 41.7 Å². The highest BCUT2D eigenvalue weighted by Gasteiger charge is 2.25. The minimum atomic E-state index is 0.261. The Hall–Kier alpha value is -3.07. The summed E-state index contributed by atoms with van der Waals surface area (Å²) >= 11 is 0. The van der Waals surface area contributed by atoms with E-state index in [0.29, 0.717) is 19.8 Å². The summed E-state index contributed by atoms with van der Waals surface area (Å²) in [7, 11) is 0. The van der Waals surface area contributed by atoms with E-state index in [4.69, 9.17) is 20.2 Å². The van der Waals surface area contributed by atoms with Crippen molar-refractivity contribution in [1.29, 1.82) is 0 Å². The number of nitrogens with zero attached hydrogens (tertiary/aromatic N) is 5. The summed E-state index contributed by atoms with van der Waals surface area (Å²) in [6, 6.07) is 14.7. The standard InChI is InChI=1S/C25H30N6O2/c1-3-32-12-13-33-21-7-4-18-5-8-22(27-23(18)14-21)25-29-28-24-9-6-19(15-31(24)25)17(2)30-11-10-20(26)16-30/h4-9,14-15,17,20H,3,10-13,16,26H2,1-2H3/t17-,20-/m0/s1. The second kappa shape index (κ2) is 9.43. The lowest BCUT2D eigenvalue weighted by Crippen LogP contribution is -2.28. The summed E-state index contributed by atoms with van der Waals surface area (Å²) in [5.74, 6) is 1.50. The molecule has 3 aromatic heterocycles. The van der Waals surface area contributed by atoms with Gasteiger partial charge >= 0.3 is 0 Å². The first-order chi connectivity index (χ1) is 16.1. The Labute approximate surface area is 193 Å². The summed E-state index contributed by atoms with van der Waals surface area (Å²) in [4.78, 5) is 7.30. The number of benzene rings is 1. The van der Waals surface area contributed by atoms with Crippen molar-refractivity contribution in [2.24, 2.45) is 5.73 Å².